The predicted octanol–water partition coefficient (Wildman–Crippen LogP) is -1.01. The number of carbonyl (C=O) groups is 2. The zero-order valence-corrected chi connectivity index (χ0v) is 10.8. The number of nitrogens with two attached hydrogens (primary N) is 1. The van der Waals surface area contributed by atoms with Gasteiger partial charge in [0.05, 0.1) is 17.0 Å². The van der Waals surface area contributed by atoms with Crippen LogP contribution in [0, 0.1) is 0 Å². The third-order valence-electron chi connectivity index (χ3n) is 2.23. The van der Waals surface area contributed by atoms with E-state index in [-0.39, 0.29) is 5.69 Å². The Morgan fingerprint density at radius 2 is 2.00 bits per heavy atom. The number of carboxylic acid groups (broad SMARTS) is 1. The molecular weight excluding hydrogens is 274 g/mol. The Labute approximate surface area is 109 Å². The van der Waals surface area contributed by atoms with Crippen molar-refractivity contribution in [3.63, 3.8) is 0 Å². The van der Waals surface area contributed by atoms with Crippen molar-refractivity contribution in [2.45, 2.75) is 4.90 Å². The first kappa shape index (κ1) is 14.9. The van der Waals surface area contributed by atoms with Crippen LogP contribution in [0.5, 0.6) is 0 Å². The van der Waals surface area contributed by atoms with Crippen LogP contribution in [0.3, 0.4) is 0 Å². The highest BCUT2D eigenvalue weighted by atomic mass is 32.2. The van der Waals surface area contributed by atoms with Crippen LogP contribution in [-0.4, -0.2) is 39.0 Å². The number of nitrogens with one attached hydrogen (secondary N) is 2. The fourth-order valence-electron chi connectivity index (χ4n) is 1.26. The van der Waals surface area contributed by atoms with Crippen LogP contribution >= 0.6 is 0 Å². The summed E-state index contributed by atoms with van der Waals surface area (Å²) in [6, 6.07) is 3.39. The van der Waals surface area contributed by atoms with Gasteiger partial charge in [0, 0.05) is 12.7 Å². The maximum atomic E-state index is 11.9. The molecule has 0 heterocycles. The van der Waals surface area contributed by atoms with E-state index in [1.165, 1.54) is 13.1 Å². The first-order valence-corrected chi connectivity index (χ1v) is 6.59. The van der Waals surface area contributed by atoms with Gasteiger partial charge in [0.2, 0.25) is 15.9 Å². The van der Waals surface area contributed by atoms with Gasteiger partial charge in [0.1, 0.15) is 0 Å². The van der Waals surface area contributed by atoms with E-state index in [0.717, 1.165) is 12.1 Å². The van der Waals surface area contributed by atoms with Gasteiger partial charge in [-0.2, -0.15) is 0 Å². The van der Waals surface area contributed by atoms with E-state index in [2.05, 4.69) is 5.32 Å². The molecule has 0 aliphatic carbocycles. The van der Waals surface area contributed by atoms with Crippen LogP contribution in [0.15, 0.2) is 23.1 Å². The average Bonchev–Trinajstić information content (AvgIpc) is 2.35. The number of carboxylic acids is 1. The molecule has 0 aliphatic rings. The van der Waals surface area contributed by atoms with Crippen molar-refractivity contribution in [2.75, 3.05) is 19.3 Å². The van der Waals surface area contributed by atoms with Crippen molar-refractivity contribution in [1.29, 1.82) is 0 Å². The fourth-order valence-corrected chi connectivity index (χ4v) is 2.48. The van der Waals surface area contributed by atoms with Crippen LogP contribution in [-0.2, 0) is 14.8 Å². The van der Waals surface area contributed by atoms with Gasteiger partial charge in [-0.05, 0) is 18.2 Å². The highest BCUT2D eigenvalue weighted by Gasteiger charge is 2.23. The third-order valence-corrected chi connectivity index (χ3v) is 3.67. The van der Waals surface area contributed by atoms with E-state index in [1.54, 1.807) is 0 Å². The number of likely N-dealkylation sites (N-methyl/N-ethyl adjacent to an activating group) is 1. The fraction of sp³-hybridized carbons (Fsp3) is 0.200. The molecular formula is C10H13N3O5S. The van der Waals surface area contributed by atoms with Gasteiger partial charge in [-0.15, -0.1) is 0 Å². The van der Waals surface area contributed by atoms with E-state index in [4.69, 9.17) is 10.8 Å². The molecule has 0 saturated carbocycles. The molecule has 19 heavy (non-hydrogen) atoms. The highest BCUT2D eigenvalue weighted by molar-refractivity contribution is 7.89. The second-order valence-corrected chi connectivity index (χ2v) is 5.29. The number of hydrogen-bond donors (Lipinski definition) is 4. The second-order valence-electron chi connectivity index (χ2n) is 3.56. The molecule has 5 N–H and O–H groups in total. The number of rotatable bonds is 5. The van der Waals surface area contributed by atoms with Gasteiger partial charge in [-0.25, -0.2) is 17.9 Å². The molecule has 1 rings (SSSR count). The first-order valence-electron chi connectivity index (χ1n) is 5.11. The molecule has 8 nitrogen and oxygen atoms in total. The minimum Gasteiger partial charge on any atom is -0.478 e. The van der Waals surface area contributed by atoms with Gasteiger partial charge < -0.3 is 16.2 Å². The van der Waals surface area contributed by atoms with Gasteiger partial charge >= 0.3 is 5.97 Å². The molecule has 0 atom stereocenters. The number of benzene rings is 1. The minimum atomic E-state index is -4.14. The van der Waals surface area contributed by atoms with Gasteiger partial charge in [-0.3, -0.25) is 4.79 Å². The Bertz CT molecular complexity index is 612. The molecule has 0 aliphatic heterocycles. The Hall–Kier alpha value is -2.13. The first-order chi connectivity index (χ1) is 8.77. The molecule has 0 spiro atoms. The lowest BCUT2D eigenvalue weighted by Crippen LogP contribution is -2.35. The molecule has 0 fully saturated rings. The largest absolute Gasteiger partial charge is 0.478 e. The van der Waals surface area contributed by atoms with Crippen molar-refractivity contribution >= 4 is 27.6 Å². The van der Waals surface area contributed by atoms with Gasteiger partial charge in [0.25, 0.3) is 0 Å². The summed E-state index contributed by atoms with van der Waals surface area (Å²) in [6.07, 6.45) is 0. The quantitative estimate of drug-likeness (QED) is 0.512. The summed E-state index contributed by atoms with van der Waals surface area (Å²) in [5.41, 5.74) is 5.13. The van der Waals surface area contributed by atoms with Crippen LogP contribution in [0.25, 0.3) is 0 Å². The molecule has 0 saturated heterocycles. The monoisotopic (exact) mass is 287 g/mol. The Morgan fingerprint density at radius 1 is 1.37 bits per heavy atom. The van der Waals surface area contributed by atoms with Gasteiger partial charge in [0.15, 0.2) is 0 Å². The normalized spacial score (nSPS) is 11.0. The topological polar surface area (TPSA) is 139 Å². The van der Waals surface area contributed by atoms with Crippen molar-refractivity contribution in [3.05, 3.63) is 23.8 Å². The lowest BCUT2D eigenvalue weighted by Gasteiger charge is -2.09. The lowest BCUT2D eigenvalue weighted by atomic mass is 10.2. The molecule has 0 unspecified atom stereocenters. The van der Waals surface area contributed by atoms with Crippen LogP contribution < -0.4 is 15.8 Å². The summed E-state index contributed by atoms with van der Waals surface area (Å²) >= 11 is 0. The Kier molecular flexibility index (Phi) is 4.46. The smallest absolute Gasteiger partial charge is 0.337 e. The standard InChI is InChI=1S/C10H13N3O5S/c1-12-9(14)5-13-19(17,18)8-4-6(11)2-3-7(8)10(15)16/h2-4,13H,5,11H2,1H3,(H,12,14)(H,15,16). The summed E-state index contributed by atoms with van der Waals surface area (Å²) in [5, 5.41) is 11.2. The maximum Gasteiger partial charge on any atom is 0.337 e. The van der Waals surface area contributed by atoms with Crippen LogP contribution in [0.2, 0.25) is 0 Å². The van der Waals surface area contributed by atoms with Crippen molar-refractivity contribution in [2.24, 2.45) is 0 Å². The van der Waals surface area contributed by atoms with Crippen LogP contribution in [0.1, 0.15) is 10.4 Å². The zero-order valence-electron chi connectivity index (χ0n) is 10.0. The number of carbonyl (C=O) groups excluding carboxylic acids is 1. The summed E-state index contributed by atoms with van der Waals surface area (Å²) in [5.74, 6) is -1.95. The molecule has 1 aromatic carbocycles. The molecule has 0 aromatic heterocycles. The Balaban J connectivity index is 3.16. The summed E-state index contributed by atoms with van der Waals surface area (Å²) in [4.78, 5) is 21.5. The number of amides is 1. The second kappa shape index (κ2) is 5.67. The molecule has 0 bridgehead atoms. The SMILES string of the molecule is CNC(=O)CNS(=O)(=O)c1cc(N)ccc1C(=O)O. The van der Waals surface area contributed by atoms with Crippen molar-refractivity contribution in [3.8, 4) is 0 Å². The number of aromatic carboxylic acids is 1. The van der Waals surface area contributed by atoms with Crippen molar-refractivity contribution < 1.29 is 23.1 Å². The van der Waals surface area contributed by atoms with Crippen LogP contribution in [0.4, 0.5) is 5.69 Å². The minimum absolute atomic E-state index is 0.102. The average molecular weight is 287 g/mol. The Morgan fingerprint density at radius 3 is 2.53 bits per heavy atom. The summed E-state index contributed by atoms with van der Waals surface area (Å²) < 4.78 is 25.8. The maximum absolute atomic E-state index is 11.9. The van der Waals surface area contributed by atoms with E-state index in [9.17, 15) is 18.0 Å². The highest BCUT2D eigenvalue weighted by Crippen LogP contribution is 2.19. The summed E-state index contributed by atoms with van der Waals surface area (Å²) in [6.45, 7) is -0.493. The van der Waals surface area contributed by atoms with E-state index in [1.807, 2.05) is 4.72 Å². The number of sulfonamides is 1. The number of nitrogen functional groups attached to an aromatic ring is 1. The van der Waals surface area contributed by atoms with E-state index >= 15 is 0 Å². The molecule has 1 aromatic rings. The van der Waals surface area contributed by atoms with Gasteiger partial charge in [-0.1, -0.05) is 0 Å². The zero-order chi connectivity index (χ0) is 14.6. The molecule has 0 radical (unpaired) electrons. The number of anilines is 1. The predicted molar refractivity (Wildman–Crippen MR) is 67.1 cm³/mol. The van der Waals surface area contributed by atoms with Crippen molar-refractivity contribution in [1.82, 2.24) is 10.0 Å². The summed E-state index contributed by atoms with van der Waals surface area (Å²) in [7, 11) is -2.79. The number of hydrogen-bond acceptors (Lipinski definition) is 5. The molecule has 104 valence electrons. The van der Waals surface area contributed by atoms with E-state index < -0.39 is 38.9 Å². The van der Waals surface area contributed by atoms with E-state index in [0.29, 0.717) is 0 Å². The lowest BCUT2D eigenvalue weighted by molar-refractivity contribution is -0.119. The third kappa shape index (κ3) is 3.66. The molecule has 9 heteroatoms. The molecule has 1 amide bonds.